The molecule has 0 aromatic heterocycles. The van der Waals surface area contributed by atoms with Crippen molar-refractivity contribution in [1.29, 1.82) is 0 Å². The summed E-state index contributed by atoms with van der Waals surface area (Å²) in [4.78, 5) is 11.7. The Morgan fingerprint density at radius 2 is 1.58 bits per heavy atom. The number of hydrogen-bond acceptors (Lipinski definition) is 4. The van der Waals surface area contributed by atoms with Crippen molar-refractivity contribution in [3.63, 3.8) is 0 Å². The molecule has 0 heterocycles. The first-order valence-electron chi connectivity index (χ1n) is 9.22. The fourth-order valence-corrected chi connectivity index (χ4v) is 3.85. The molecular formula is C22H20F2N2O4S. The maximum atomic E-state index is 13.3. The van der Waals surface area contributed by atoms with Gasteiger partial charge in [0.1, 0.15) is 5.75 Å². The van der Waals surface area contributed by atoms with Crippen molar-refractivity contribution in [3.05, 3.63) is 83.4 Å². The summed E-state index contributed by atoms with van der Waals surface area (Å²) in [6.45, 7) is 3.67. The van der Waals surface area contributed by atoms with Gasteiger partial charge >= 0.3 is 0 Å². The summed E-state index contributed by atoms with van der Waals surface area (Å²) in [5.74, 6) is -2.16. The van der Waals surface area contributed by atoms with Gasteiger partial charge in [0, 0.05) is 11.4 Å². The van der Waals surface area contributed by atoms with E-state index < -0.39 is 26.6 Å². The minimum absolute atomic E-state index is 0.186. The number of amides is 1. The Morgan fingerprint density at radius 3 is 2.23 bits per heavy atom. The van der Waals surface area contributed by atoms with Crippen LogP contribution in [-0.4, -0.2) is 20.9 Å². The molecule has 0 aliphatic rings. The van der Waals surface area contributed by atoms with Crippen LogP contribution in [0.25, 0.3) is 0 Å². The van der Waals surface area contributed by atoms with Gasteiger partial charge in [-0.3, -0.25) is 9.52 Å². The van der Waals surface area contributed by atoms with Crippen molar-refractivity contribution in [2.45, 2.75) is 18.7 Å². The van der Waals surface area contributed by atoms with Crippen molar-refractivity contribution >= 4 is 27.3 Å². The quantitative estimate of drug-likeness (QED) is 0.564. The van der Waals surface area contributed by atoms with E-state index in [1.807, 2.05) is 26.0 Å². The first-order chi connectivity index (χ1) is 14.6. The maximum absolute atomic E-state index is 13.3. The summed E-state index contributed by atoms with van der Waals surface area (Å²) in [5.41, 5.74) is 2.64. The average molecular weight is 446 g/mol. The number of carbonyl (C=O) groups excluding carboxylic acids is 1. The Labute approximate surface area is 178 Å². The fraction of sp³-hybridized carbons (Fsp3) is 0.136. The van der Waals surface area contributed by atoms with Crippen molar-refractivity contribution in [1.82, 2.24) is 0 Å². The van der Waals surface area contributed by atoms with Gasteiger partial charge in [0.05, 0.1) is 4.90 Å². The minimum atomic E-state index is -4.10. The molecular weight excluding hydrogens is 426 g/mol. The highest BCUT2D eigenvalue weighted by atomic mass is 32.2. The predicted octanol–water partition coefficient (Wildman–Crippen LogP) is 4.40. The van der Waals surface area contributed by atoms with Crippen molar-refractivity contribution in [3.8, 4) is 5.75 Å². The molecule has 0 fully saturated rings. The van der Waals surface area contributed by atoms with Crippen molar-refractivity contribution in [2.75, 3.05) is 16.6 Å². The number of aryl methyl sites for hydroxylation is 2. The van der Waals surface area contributed by atoms with E-state index in [1.54, 1.807) is 6.07 Å². The summed E-state index contributed by atoms with van der Waals surface area (Å²) < 4.78 is 58.7. The number of benzene rings is 3. The number of ether oxygens (including phenoxy) is 1. The molecule has 0 aliphatic carbocycles. The molecule has 0 aliphatic heterocycles. The maximum Gasteiger partial charge on any atom is 0.262 e. The zero-order valence-corrected chi connectivity index (χ0v) is 17.6. The summed E-state index contributed by atoms with van der Waals surface area (Å²) in [7, 11) is -4.10. The Morgan fingerprint density at radius 1 is 0.903 bits per heavy atom. The Kier molecular flexibility index (Phi) is 6.55. The monoisotopic (exact) mass is 446 g/mol. The van der Waals surface area contributed by atoms with E-state index in [2.05, 4.69) is 10.0 Å². The van der Waals surface area contributed by atoms with Gasteiger partial charge in [-0.2, -0.15) is 0 Å². The van der Waals surface area contributed by atoms with E-state index in [9.17, 15) is 22.0 Å². The van der Waals surface area contributed by atoms with Crippen molar-refractivity contribution < 1.29 is 26.7 Å². The molecule has 9 heteroatoms. The Balaban J connectivity index is 1.59. The molecule has 0 spiro atoms. The molecule has 3 aromatic carbocycles. The number of halogens is 2. The van der Waals surface area contributed by atoms with Crippen LogP contribution >= 0.6 is 0 Å². The third-order valence-corrected chi connectivity index (χ3v) is 5.69. The second-order valence-electron chi connectivity index (χ2n) is 6.86. The molecule has 0 unspecified atom stereocenters. The van der Waals surface area contributed by atoms with Gasteiger partial charge in [-0.1, -0.05) is 17.7 Å². The van der Waals surface area contributed by atoms with E-state index in [0.717, 1.165) is 23.3 Å². The highest BCUT2D eigenvalue weighted by Crippen LogP contribution is 2.21. The minimum Gasteiger partial charge on any atom is -0.483 e. The van der Waals surface area contributed by atoms with Crippen LogP contribution in [0.4, 0.5) is 20.2 Å². The van der Waals surface area contributed by atoms with E-state index in [-0.39, 0.29) is 18.2 Å². The summed E-state index contributed by atoms with van der Waals surface area (Å²) >= 11 is 0. The van der Waals surface area contributed by atoms with Crippen LogP contribution in [-0.2, 0) is 14.8 Å². The van der Waals surface area contributed by atoms with Gasteiger partial charge in [0.2, 0.25) is 0 Å². The first-order valence-corrected chi connectivity index (χ1v) is 10.7. The van der Waals surface area contributed by atoms with Gasteiger partial charge in [-0.25, -0.2) is 17.2 Å². The Hall–Kier alpha value is -3.46. The number of carbonyl (C=O) groups is 1. The third kappa shape index (κ3) is 5.79. The smallest absolute Gasteiger partial charge is 0.262 e. The molecule has 0 radical (unpaired) electrons. The van der Waals surface area contributed by atoms with Crippen LogP contribution in [0.2, 0.25) is 0 Å². The Bertz CT molecular complexity index is 1210. The van der Waals surface area contributed by atoms with Crippen LogP contribution in [0.5, 0.6) is 5.75 Å². The lowest BCUT2D eigenvalue weighted by Gasteiger charge is -2.11. The summed E-state index contributed by atoms with van der Waals surface area (Å²) in [6.07, 6.45) is 0. The highest BCUT2D eigenvalue weighted by molar-refractivity contribution is 7.92. The van der Waals surface area contributed by atoms with Gasteiger partial charge in [0.25, 0.3) is 15.9 Å². The van der Waals surface area contributed by atoms with E-state index in [0.29, 0.717) is 17.5 Å². The predicted molar refractivity (Wildman–Crippen MR) is 114 cm³/mol. The zero-order chi connectivity index (χ0) is 22.6. The molecule has 0 bridgehead atoms. The molecule has 3 aromatic rings. The molecule has 31 heavy (non-hydrogen) atoms. The third-order valence-electron chi connectivity index (χ3n) is 4.31. The van der Waals surface area contributed by atoms with Crippen LogP contribution in [0.3, 0.4) is 0 Å². The van der Waals surface area contributed by atoms with E-state index in [1.165, 1.54) is 24.3 Å². The summed E-state index contributed by atoms with van der Waals surface area (Å²) in [6, 6.07) is 13.8. The number of sulfonamides is 1. The lowest BCUT2D eigenvalue weighted by molar-refractivity contribution is -0.118. The fourth-order valence-electron chi connectivity index (χ4n) is 2.78. The topological polar surface area (TPSA) is 84.5 Å². The second-order valence-corrected chi connectivity index (χ2v) is 8.55. The number of rotatable bonds is 7. The average Bonchev–Trinajstić information content (AvgIpc) is 2.70. The number of nitrogens with one attached hydrogen (secondary N) is 2. The summed E-state index contributed by atoms with van der Waals surface area (Å²) in [5, 5.41) is 2.65. The second kappa shape index (κ2) is 9.13. The molecule has 6 nitrogen and oxygen atoms in total. The van der Waals surface area contributed by atoms with Gasteiger partial charge in [-0.05, 0) is 67.9 Å². The molecule has 0 saturated heterocycles. The van der Waals surface area contributed by atoms with E-state index >= 15 is 0 Å². The molecule has 0 saturated carbocycles. The number of hydrogen-bond donors (Lipinski definition) is 2. The standard InChI is InChI=1S/C22H20F2N2O4S/c1-14-3-10-21(15(2)11-14)30-13-22(27)25-16-4-6-17(7-5-16)26-31(28,29)18-8-9-19(23)20(24)12-18/h3-12,26H,13H2,1-2H3,(H,25,27). The first kappa shape index (κ1) is 22.2. The van der Waals surface area contributed by atoms with Gasteiger partial charge in [0.15, 0.2) is 18.2 Å². The molecule has 3 rings (SSSR count). The largest absolute Gasteiger partial charge is 0.483 e. The van der Waals surface area contributed by atoms with Crippen LogP contribution in [0, 0.1) is 25.5 Å². The van der Waals surface area contributed by atoms with Crippen LogP contribution in [0.15, 0.2) is 65.6 Å². The molecule has 162 valence electrons. The normalized spacial score (nSPS) is 11.1. The lowest BCUT2D eigenvalue weighted by Crippen LogP contribution is -2.20. The van der Waals surface area contributed by atoms with E-state index in [4.69, 9.17) is 4.74 Å². The van der Waals surface area contributed by atoms with Crippen molar-refractivity contribution in [2.24, 2.45) is 0 Å². The van der Waals surface area contributed by atoms with Gasteiger partial charge < -0.3 is 10.1 Å². The van der Waals surface area contributed by atoms with Crippen LogP contribution in [0.1, 0.15) is 11.1 Å². The van der Waals surface area contributed by atoms with Crippen LogP contribution < -0.4 is 14.8 Å². The number of anilines is 2. The molecule has 2 N–H and O–H groups in total. The molecule has 0 atom stereocenters. The highest BCUT2D eigenvalue weighted by Gasteiger charge is 2.17. The van der Waals surface area contributed by atoms with Gasteiger partial charge in [-0.15, -0.1) is 0 Å². The molecule has 1 amide bonds. The zero-order valence-electron chi connectivity index (χ0n) is 16.8. The SMILES string of the molecule is Cc1ccc(OCC(=O)Nc2ccc(NS(=O)(=O)c3ccc(F)c(F)c3)cc2)c(C)c1. The lowest BCUT2D eigenvalue weighted by atomic mass is 10.1.